The Bertz CT molecular complexity index is 111. The molecule has 1 heterocycles. The Hall–Kier alpha value is 0.500. The number of hydrogen-bond donors (Lipinski definition) is 5. The molecule has 1 aliphatic heterocycles. The van der Waals surface area contributed by atoms with E-state index in [0.29, 0.717) is 0 Å². The molecule has 0 spiro atoms. The van der Waals surface area contributed by atoms with E-state index in [1.165, 1.54) is 17.9 Å². The van der Waals surface area contributed by atoms with Crippen molar-refractivity contribution in [3.63, 3.8) is 0 Å². The first-order chi connectivity index (χ1) is 10.0. The van der Waals surface area contributed by atoms with Gasteiger partial charge in [-0.2, -0.15) is 0 Å². The molecule has 1 rings (SSSR count). The van der Waals surface area contributed by atoms with Crippen LogP contribution < -0.4 is 26.6 Å². The van der Waals surface area contributed by atoms with Gasteiger partial charge >= 0.3 is 0 Å². The molecule has 1 saturated heterocycles. The van der Waals surface area contributed by atoms with Gasteiger partial charge in [0, 0.05) is 70.4 Å². The van der Waals surface area contributed by atoms with Crippen molar-refractivity contribution < 1.29 is 0 Å². The minimum atomic E-state index is 1.05. The van der Waals surface area contributed by atoms with E-state index in [-0.39, 0.29) is 0 Å². The van der Waals surface area contributed by atoms with E-state index in [2.05, 4.69) is 26.6 Å². The minimum absolute atomic E-state index is 1.05. The van der Waals surface area contributed by atoms with Gasteiger partial charge in [0.15, 0.2) is 0 Å². The summed E-state index contributed by atoms with van der Waals surface area (Å²) < 4.78 is 0. The molecule has 0 aromatic carbocycles. The van der Waals surface area contributed by atoms with Gasteiger partial charge in [-0.15, -0.1) is 0 Å². The van der Waals surface area contributed by atoms with Crippen molar-refractivity contribution in [3.05, 3.63) is 0 Å². The molecular weight excluding hydrogens is 290 g/mol. The topological polar surface area (TPSA) is 60.1 Å². The molecule has 120 valence electrons. The summed E-state index contributed by atoms with van der Waals surface area (Å²) in [6, 6.07) is 0. The average molecular weight is 322 g/mol. The molecule has 0 radical (unpaired) electrons. The standard InChI is InChI=1S/C13H31N5S2/c1-2-14-3-4-15-5-6-16-7-8-17-9-10-18-11-13-20-19-12-1/h14-18H,1-13H2. The van der Waals surface area contributed by atoms with Crippen LogP contribution in [0, 0.1) is 0 Å². The van der Waals surface area contributed by atoms with E-state index < -0.39 is 0 Å². The largest absolute Gasteiger partial charge is 0.315 e. The van der Waals surface area contributed by atoms with Gasteiger partial charge < -0.3 is 26.6 Å². The molecule has 0 aromatic heterocycles. The van der Waals surface area contributed by atoms with Crippen LogP contribution in [0.5, 0.6) is 0 Å². The van der Waals surface area contributed by atoms with Crippen molar-refractivity contribution in [2.45, 2.75) is 6.42 Å². The molecule has 0 atom stereocenters. The van der Waals surface area contributed by atoms with Gasteiger partial charge in [0.05, 0.1) is 0 Å². The Balaban J connectivity index is 2.00. The third-order valence-corrected chi connectivity index (χ3v) is 5.43. The minimum Gasteiger partial charge on any atom is -0.315 e. The summed E-state index contributed by atoms with van der Waals surface area (Å²) in [6.07, 6.45) is 1.26. The van der Waals surface area contributed by atoms with Crippen molar-refractivity contribution in [2.75, 3.05) is 77.0 Å². The molecule has 20 heavy (non-hydrogen) atoms. The van der Waals surface area contributed by atoms with Crippen LogP contribution in [-0.2, 0) is 0 Å². The molecule has 0 aliphatic carbocycles. The van der Waals surface area contributed by atoms with Crippen LogP contribution in [0.4, 0.5) is 0 Å². The molecule has 7 heteroatoms. The van der Waals surface area contributed by atoms with Gasteiger partial charge in [-0.1, -0.05) is 21.6 Å². The maximum atomic E-state index is 3.48. The van der Waals surface area contributed by atoms with Crippen LogP contribution in [0.25, 0.3) is 0 Å². The molecule has 0 unspecified atom stereocenters. The number of rotatable bonds is 0. The molecular formula is C13H31N5S2. The molecule has 5 N–H and O–H groups in total. The molecule has 0 amide bonds. The Morgan fingerprint density at radius 2 is 0.800 bits per heavy atom. The lowest BCUT2D eigenvalue weighted by Gasteiger charge is -2.10. The monoisotopic (exact) mass is 321 g/mol. The van der Waals surface area contributed by atoms with Crippen LogP contribution in [0.1, 0.15) is 6.42 Å². The average Bonchev–Trinajstić information content (AvgIpc) is 2.46. The summed E-state index contributed by atoms with van der Waals surface area (Å²) in [6.45, 7) is 10.7. The maximum Gasteiger partial charge on any atom is 0.0162 e. The highest BCUT2D eigenvalue weighted by molar-refractivity contribution is 8.76. The summed E-state index contributed by atoms with van der Waals surface area (Å²) >= 11 is 0. The van der Waals surface area contributed by atoms with Crippen LogP contribution in [-0.4, -0.2) is 77.0 Å². The fourth-order valence-electron chi connectivity index (χ4n) is 1.82. The highest BCUT2D eigenvalue weighted by Gasteiger charge is 1.94. The third-order valence-electron chi connectivity index (χ3n) is 2.94. The van der Waals surface area contributed by atoms with E-state index in [1.807, 2.05) is 21.6 Å². The van der Waals surface area contributed by atoms with Crippen molar-refractivity contribution in [2.24, 2.45) is 0 Å². The molecule has 0 aromatic rings. The summed E-state index contributed by atoms with van der Waals surface area (Å²) in [5, 5.41) is 17.3. The Morgan fingerprint density at radius 3 is 1.35 bits per heavy atom. The predicted octanol–water partition coefficient (Wildman–Crippen LogP) is -0.280. The van der Waals surface area contributed by atoms with Crippen LogP contribution in [0.2, 0.25) is 0 Å². The van der Waals surface area contributed by atoms with E-state index in [0.717, 1.165) is 65.4 Å². The quantitative estimate of drug-likeness (QED) is 0.393. The zero-order valence-electron chi connectivity index (χ0n) is 12.5. The van der Waals surface area contributed by atoms with Gasteiger partial charge in [0.25, 0.3) is 0 Å². The van der Waals surface area contributed by atoms with Crippen molar-refractivity contribution in [1.29, 1.82) is 0 Å². The second-order valence-electron chi connectivity index (χ2n) is 4.75. The van der Waals surface area contributed by atoms with Gasteiger partial charge in [-0.25, -0.2) is 0 Å². The van der Waals surface area contributed by atoms with E-state index >= 15 is 0 Å². The molecule has 1 fully saturated rings. The lowest BCUT2D eigenvalue weighted by atomic mass is 10.4. The first kappa shape index (κ1) is 18.5. The van der Waals surface area contributed by atoms with Crippen LogP contribution in [0.15, 0.2) is 0 Å². The fourth-order valence-corrected chi connectivity index (χ4v) is 3.86. The lowest BCUT2D eigenvalue weighted by Crippen LogP contribution is -2.36. The summed E-state index contributed by atoms with van der Waals surface area (Å²) in [5.74, 6) is 2.44. The highest BCUT2D eigenvalue weighted by Crippen LogP contribution is 2.20. The molecule has 1 aliphatic rings. The van der Waals surface area contributed by atoms with Gasteiger partial charge in [-0.05, 0) is 13.0 Å². The highest BCUT2D eigenvalue weighted by atomic mass is 33.1. The first-order valence-electron chi connectivity index (χ1n) is 7.78. The van der Waals surface area contributed by atoms with Crippen molar-refractivity contribution in [3.8, 4) is 0 Å². The predicted molar refractivity (Wildman–Crippen MR) is 93.9 cm³/mol. The molecule has 0 saturated carbocycles. The number of hydrogen-bond acceptors (Lipinski definition) is 7. The fraction of sp³-hybridized carbons (Fsp3) is 1.00. The normalized spacial score (nSPS) is 24.0. The zero-order chi connectivity index (χ0) is 14.1. The smallest absolute Gasteiger partial charge is 0.0162 e. The molecule has 5 nitrogen and oxygen atoms in total. The first-order valence-corrected chi connectivity index (χ1v) is 10.3. The van der Waals surface area contributed by atoms with Gasteiger partial charge in [-0.3, -0.25) is 0 Å². The van der Waals surface area contributed by atoms with Crippen LogP contribution in [0.3, 0.4) is 0 Å². The lowest BCUT2D eigenvalue weighted by molar-refractivity contribution is 0.559. The SMILES string of the molecule is C1CNCCNCCNCCNCCNCCSSC1. The second-order valence-corrected chi connectivity index (χ2v) is 7.45. The second kappa shape index (κ2) is 15.9. The van der Waals surface area contributed by atoms with Gasteiger partial charge in [0.1, 0.15) is 0 Å². The summed E-state index contributed by atoms with van der Waals surface area (Å²) in [5.41, 5.74) is 0. The number of nitrogens with one attached hydrogen (secondary N) is 5. The zero-order valence-corrected chi connectivity index (χ0v) is 14.1. The third kappa shape index (κ3) is 13.5. The van der Waals surface area contributed by atoms with E-state index in [1.54, 1.807) is 0 Å². The Labute approximate surface area is 132 Å². The Kier molecular flexibility index (Phi) is 14.7. The summed E-state index contributed by atoms with van der Waals surface area (Å²) in [4.78, 5) is 0. The van der Waals surface area contributed by atoms with E-state index in [9.17, 15) is 0 Å². The van der Waals surface area contributed by atoms with Crippen molar-refractivity contribution in [1.82, 2.24) is 26.6 Å². The molecule has 0 bridgehead atoms. The van der Waals surface area contributed by atoms with E-state index in [4.69, 9.17) is 0 Å². The van der Waals surface area contributed by atoms with Crippen molar-refractivity contribution >= 4 is 21.6 Å². The summed E-state index contributed by atoms with van der Waals surface area (Å²) in [7, 11) is 3.99. The maximum absolute atomic E-state index is 3.48. The van der Waals surface area contributed by atoms with Crippen LogP contribution >= 0.6 is 21.6 Å². The Morgan fingerprint density at radius 1 is 0.400 bits per heavy atom. The van der Waals surface area contributed by atoms with Gasteiger partial charge in [0.2, 0.25) is 0 Å².